The van der Waals surface area contributed by atoms with E-state index in [2.05, 4.69) is 0 Å². The normalized spacial score (nSPS) is 9.53. The van der Waals surface area contributed by atoms with E-state index in [-0.39, 0.29) is 13.2 Å². The summed E-state index contributed by atoms with van der Waals surface area (Å²) in [7, 11) is 0. The fourth-order valence-corrected chi connectivity index (χ4v) is 1.57. The van der Waals surface area contributed by atoms with Crippen molar-refractivity contribution in [3.63, 3.8) is 0 Å². The van der Waals surface area contributed by atoms with Crippen molar-refractivity contribution in [1.82, 2.24) is 4.90 Å². The van der Waals surface area contributed by atoms with Crippen LogP contribution in [0.25, 0.3) is 0 Å². The molecule has 4 heteroatoms. The van der Waals surface area contributed by atoms with Crippen LogP contribution in [0.5, 0.6) is 0 Å². The number of benzene rings is 1. The molecule has 0 radical (unpaired) electrons. The molecule has 1 aromatic carbocycles. The van der Waals surface area contributed by atoms with E-state index in [1.807, 2.05) is 37.1 Å². The molecule has 0 saturated carbocycles. The Kier molecular flexibility index (Phi) is 5.62. The van der Waals surface area contributed by atoms with Crippen molar-refractivity contribution >= 4 is 11.9 Å². The molecule has 0 fully saturated rings. The summed E-state index contributed by atoms with van der Waals surface area (Å²) in [6.45, 7) is 4.13. The molecule has 1 aromatic rings. The number of hydrogen-bond donors (Lipinski definition) is 0. The zero-order valence-electron chi connectivity index (χ0n) is 11.2. The summed E-state index contributed by atoms with van der Waals surface area (Å²) >= 11 is 0. The largest absolute Gasteiger partial charge is 0.465 e. The highest BCUT2D eigenvalue weighted by molar-refractivity contribution is 5.94. The summed E-state index contributed by atoms with van der Waals surface area (Å²) in [4.78, 5) is 24.3. The van der Waals surface area contributed by atoms with Gasteiger partial charge in [-0.3, -0.25) is 9.59 Å². The van der Waals surface area contributed by atoms with Crippen LogP contribution >= 0.6 is 0 Å². The molecule has 0 aliphatic heterocycles. The summed E-state index contributed by atoms with van der Waals surface area (Å²) < 4.78 is 4.82. The van der Waals surface area contributed by atoms with Gasteiger partial charge in [0.1, 0.15) is 6.54 Å². The topological polar surface area (TPSA) is 46.6 Å². The molecule has 1 amide bonds. The third kappa shape index (κ3) is 4.84. The Balaban J connectivity index is 2.75. The Morgan fingerprint density at radius 2 is 1.95 bits per heavy atom. The van der Waals surface area contributed by atoms with Crippen molar-refractivity contribution in [3.8, 4) is 12.3 Å². The second-order valence-corrected chi connectivity index (χ2v) is 4.10. The van der Waals surface area contributed by atoms with Crippen LogP contribution in [0.4, 0.5) is 0 Å². The molecule has 0 unspecified atom stereocenters. The fraction of sp³-hybridized carbons (Fsp3) is 0.333. The first kappa shape index (κ1) is 14.8. The van der Waals surface area contributed by atoms with Gasteiger partial charge >= 0.3 is 5.97 Å². The van der Waals surface area contributed by atoms with E-state index in [0.29, 0.717) is 6.54 Å². The van der Waals surface area contributed by atoms with Crippen LogP contribution in [0.3, 0.4) is 0 Å². The van der Waals surface area contributed by atoms with Gasteiger partial charge in [0.25, 0.3) is 5.91 Å². The predicted molar refractivity (Wildman–Crippen MR) is 72.1 cm³/mol. The number of aryl methyl sites for hydroxylation is 1. The van der Waals surface area contributed by atoms with Gasteiger partial charge in [0, 0.05) is 6.54 Å². The van der Waals surface area contributed by atoms with Gasteiger partial charge < -0.3 is 9.64 Å². The highest BCUT2D eigenvalue weighted by Gasteiger charge is 2.16. The zero-order valence-corrected chi connectivity index (χ0v) is 11.2. The fourth-order valence-electron chi connectivity index (χ4n) is 1.57. The number of rotatable bonds is 5. The lowest BCUT2D eigenvalue weighted by atomic mass is 10.1. The lowest BCUT2D eigenvalue weighted by Gasteiger charge is -2.19. The molecule has 0 heterocycles. The number of esters is 1. The Hall–Kier alpha value is -2.28. The van der Waals surface area contributed by atoms with E-state index >= 15 is 0 Å². The first-order valence-electron chi connectivity index (χ1n) is 6.03. The summed E-state index contributed by atoms with van der Waals surface area (Å²) in [6, 6.07) is 7.69. The molecule has 0 bridgehead atoms. The van der Waals surface area contributed by atoms with E-state index in [1.54, 1.807) is 6.92 Å². The smallest absolute Gasteiger partial charge is 0.325 e. The van der Waals surface area contributed by atoms with Crippen LogP contribution < -0.4 is 0 Å². The third-order valence-corrected chi connectivity index (χ3v) is 2.53. The number of terminal acetylenes is 1. The Morgan fingerprint density at radius 3 is 2.47 bits per heavy atom. The predicted octanol–water partition coefficient (Wildman–Crippen LogP) is 1.52. The molecular weight excluding hydrogens is 242 g/mol. The van der Waals surface area contributed by atoms with E-state index in [0.717, 1.165) is 11.1 Å². The molecule has 0 spiro atoms. The van der Waals surface area contributed by atoms with Crippen molar-refractivity contribution in [2.45, 2.75) is 20.4 Å². The molecule has 0 aromatic heterocycles. The summed E-state index contributed by atoms with van der Waals surface area (Å²) in [5, 5.41) is 0. The van der Waals surface area contributed by atoms with Gasteiger partial charge in [0.15, 0.2) is 0 Å². The molecule has 0 aliphatic rings. The van der Waals surface area contributed by atoms with Crippen molar-refractivity contribution in [2.75, 3.05) is 13.2 Å². The first-order valence-corrected chi connectivity index (χ1v) is 6.03. The molecule has 100 valence electrons. The Morgan fingerprint density at radius 1 is 1.32 bits per heavy atom. The second kappa shape index (κ2) is 7.22. The van der Waals surface area contributed by atoms with E-state index in [9.17, 15) is 9.59 Å². The number of carbonyl (C=O) groups excluding carboxylic acids is 2. The van der Waals surface area contributed by atoms with Crippen LogP contribution in [0.2, 0.25) is 0 Å². The lowest BCUT2D eigenvalue weighted by Crippen LogP contribution is -2.35. The number of hydrogen-bond acceptors (Lipinski definition) is 3. The summed E-state index contributed by atoms with van der Waals surface area (Å²) in [5.41, 5.74) is 2.04. The monoisotopic (exact) mass is 259 g/mol. The van der Waals surface area contributed by atoms with Crippen LogP contribution in [0.15, 0.2) is 24.3 Å². The lowest BCUT2D eigenvalue weighted by molar-refractivity contribution is -0.147. The van der Waals surface area contributed by atoms with Crippen molar-refractivity contribution in [2.24, 2.45) is 0 Å². The maximum atomic E-state index is 11.6. The standard InChI is InChI=1S/C15H17NO3/c1-4-14(17)16(11-15(18)19-5-2)10-13-8-6-12(3)7-9-13/h1,6-9H,5,10-11H2,2-3H3. The second-order valence-electron chi connectivity index (χ2n) is 4.10. The molecule has 1 rings (SSSR count). The quantitative estimate of drug-likeness (QED) is 0.595. The molecule has 0 atom stereocenters. The van der Waals surface area contributed by atoms with Crippen LogP contribution in [0, 0.1) is 19.3 Å². The van der Waals surface area contributed by atoms with Crippen molar-refractivity contribution in [3.05, 3.63) is 35.4 Å². The molecule has 0 N–H and O–H groups in total. The molecular formula is C15H17NO3. The van der Waals surface area contributed by atoms with E-state index in [4.69, 9.17) is 11.2 Å². The van der Waals surface area contributed by atoms with Crippen LogP contribution in [0.1, 0.15) is 18.1 Å². The van der Waals surface area contributed by atoms with Gasteiger partial charge in [-0.25, -0.2) is 0 Å². The third-order valence-electron chi connectivity index (χ3n) is 2.53. The first-order chi connectivity index (χ1) is 9.06. The number of ether oxygens (including phenoxy) is 1. The minimum absolute atomic E-state index is 0.134. The van der Waals surface area contributed by atoms with Crippen LogP contribution in [-0.2, 0) is 20.9 Å². The zero-order chi connectivity index (χ0) is 14.3. The number of nitrogens with zero attached hydrogens (tertiary/aromatic N) is 1. The van der Waals surface area contributed by atoms with Gasteiger partial charge in [0.2, 0.25) is 0 Å². The Labute approximate surface area is 113 Å². The minimum atomic E-state index is -0.520. The SMILES string of the molecule is C#CC(=O)N(CC(=O)OCC)Cc1ccc(C)cc1. The highest BCUT2D eigenvalue weighted by Crippen LogP contribution is 2.07. The maximum absolute atomic E-state index is 11.6. The van der Waals surface area contributed by atoms with Crippen molar-refractivity contribution < 1.29 is 14.3 Å². The van der Waals surface area contributed by atoms with Gasteiger partial charge in [0.05, 0.1) is 6.61 Å². The summed E-state index contributed by atoms with van der Waals surface area (Å²) in [6.07, 6.45) is 5.11. The van der Waals surface area contributed by atoms with Gasteiger partial charge in [-0.1, -0.05) is 29.8 Å². The Bertz CT molecular complexity index is 485. The minimum Gasteiger partial charge on any atom is -0.465 e. The maximum Gasteiger partial charge on any atom is 0.325 e. The highest BCUT2D eigenvalue weighted by atomic mass is 16.5. The van der Waals surface area contributed by atoms with Gasteiger partial charge in [-0.15, -0.1) is 6.42 Å². The van der Waals surface area contributed by atoms with E-state index < -0.39 is 11.9 Å². The van der Waals surface area contributed by atoms with E-state index in [1.165, 1.54) is 4.90 Å². The summed E-state index contributed by atoms with van der Waals surface area (Å²) in [5.74, 6) is 1.04. The number of carbonyl (C=O) groups is 2. The molecule has 19 heavy (non-hydrogen) atoms. The van der Waals surface area contributed by atoms with Gasteiger partial charge in [-0.05, 0) is 25.3 Å². The van der Waals surface area contributed by atoms with Crippen molar-refractivity contribution in [1.29, 1.82) is 0 Å². The average molecular weight is 259 g/mol. The molecule has 0 saturated heterocycles. The van der Waals surface area contributed by atoms with Crippen LogP contribution in [-0.4, -0.2) is 29.9 Å². The average Bonchev–Trinajstić information content (AvgIpc) is 2.40. The molecule has 0 aliphatic carbocycles. The van der Waals surface area contributed by atoms with Gasteiger partial charge in [-0.2, -0.15) is 0 Å². The molecule has 4 nitrogen and oxygen atoms in total. The number of amides is 1.